The first-order valence-corrected chi connectivity index (χ1v) is 9.38. The summed E-state index contributed by atoms with van der Waals surface area (Å²) < 4.78 is 1.99. The minimum absolute atomic E-state index is 0.330. The SMILES string of the molecule is CN(C(=O)CCC1CCNC1)C1CCN(CCn2cccn2)CC1. The van der Waals surface area contributed by atoms with Gasteiger partial charge in [-0.15, -0.1) is 0 Å². The van der Waals surface area contributed by atoms with Crippen molar-refractivity contribution in [1.82, 2.24) is 24.9 Å². The van der Waals surface area contributed by atoms with Crippen molar-refractivity contribution in [1.29, 1.82) is 0 Å². The summed E-state index contributed by atoms with van der Waals surface area (Å²) in [7, 11) is 2.00. The van der Waals surface area contributed by atoms with E-state index in [1.54, 1.807) is 0 Å². The Morgan fingerprint density at radius 3 is 2.79 bits per heavy atom. The number of piperidine rings is 1. The number of rotatable bonds is 7. The number of carbonyl (C=O) groups is 1. The Morgan fingerprint density at radius 1 is 1.29 bits per heavy atom. The van der Waals surface area contributed by atoms with E-state index < -0.39 is 0 Å². The molecule has 2 fully saturated rings. The minimum atomic E-state index is 0.330. The fourth-order valence-electron chi connectivity index (χ4n) is 3.88. The molecular weight excluding hydrogens is 302 g/mol. The van der Waals surface area contributed by atoms with Crippen molar-refractivity contribution in [2.24, 2.45) is 5.92 Å². The van der Waals surface area contributed by atoms with Crippen LogP contribution in [0.4, 0.5) is 0 Å². The number of nitrogens with one attached hydrogen (secondary N) is 1. The molecule has 0 saturated carbocycles. The molecule has 134 valence electrons. The van der Waals surface area contributed by atoms with E-state index in [-0.39, 0.29) is 0 Å². The van der Waals surface area contributed by atoms with Gasteiger partial charge in [0.15, 0.2) is 0 Å². The van der Waals surface area contributed by atoms with Crippen molar-refractivity contribution in [3.63, 3.8) is 0 Å². The molecule has 1 N–H and O–H groups in total. The van der Waals surface area contributed by atoms with Gasteiger partial charge in [0, 0.05) is 51.5 Å². The minimum Gasteiger partial charge on any atom is -0.343 e. The van der Waals surface area contributed by atoms with Gasteiger partial charge in [0.1, 0.15) is 0 Å². The molecule has 0 bridgehead atoms. The topological polar surface area (TPSA) is 53.4 Å². The summed E-state index contributed by atoms with van der Waals surface area (Å²) in [6.45, 7) is 6.35. The summed E-state index contributed by atoms with van der Waals surface area (Å²) in [5.74, 6) is 1.03. The Bertz CT molecular complexity index is 490. The molecule has 1 aromatic heterocycles. The fraction of sp³-hybridized carbons (Fsp3) is 0.778. The number of hydrogen-bond donors (Lipinski definition) is 1. The van der Waals surface area contributed by atoms with Crippen LogP contribution in [-0.4, -0.2) is 71.3 Å². The summed E-state index contributed by atoms with van der Waals surface area (Å²) >= 11 is 0. The zero-order valence-electron chi connectivity index (χ0n) is 14.9. The molecule has 2 aliphatic rings. The summed E-state index contributed by atoms with van der Waals surface area (Å²) in [6.07, 6.45) is 9.00. The van der Waals surface area contributed by atoms with Crippen LogP contribution in [0, 0.1) is 5.92 Å². The summed E-state index contributed by atoms with van der Waals surface area (Å²) in [4.78, 5) is 16.9. The monoisotopic (exact) mass is 333 g/mol. The van der Waals surface area contributed by atoms with E-state index in [1.165, 1.54) is 6.42 Å². The lowest BCUT2D eigenvalue weighted by Crippen LogP contribution is -2.46. The van der Waals surface area contributed by atoms with Crippen LogP contribution in [0.3, 0.4) is 0 Å². The van der Waals surface area contributed by atoms with Gasteiger partial charge in [-0.05, 0) is 50.8 Å². The lowest BCUT2D eigenvalue weighted by Gasteiger charge is -2.37. The molecule has 0 aliphatic carbocycles. The van der Waals surface area contributed by atoms with Crippen LogP contribution >= 0.6 is 0 Å². The molecule has 6 heteroatoms. The molecule has 3 rings (SSSR count). The van der Waals surface area contributed by atoms with Crippen molar-refractivity contribution in [2.75, 3.05) is 39.8 Å². The first-order chi connectivity index (χ1) is 11.7. The number of hydrogen-bond acceptors (Lipinski definition) is 4. The third-order valence-electron chi connectivity index (χ3n) is 5.63. The number of nitrogens with zero attached hydrogens (tertiary/aromatic N) is 4. The second-order valence-electron chi connectivity index (χ2n) is 7.24. The second kappa shape index (κ2) is 8.62. The van der Waals surface area contributed by atoms with Crippen LogP contribution in [0.2, 0.25) is 0 Å². The highest BCUT2D eigenvalue weighted by Crippen LogP contribution is 2.19. The Labute approximate surface area is 145 Å². The molecule has 6 nitrogen and oxygen atoms in total. The number of amides is 1. The predicted octanol–water partition coefficient (Wildman–Crippen LogP) is 1.20. The maximum Gasteiger partial charge on any atom is 0.222 e. The lowest BCUT2D eigenvalue weighted by atomic mass is 10.00. The van der Waals surface area contributed by atoms with Crippen molar-refractivity contribution < 1.29 is 4.79 Å². The first kappa shape index (κ1) is 17.4. The Kier molecular flexibility index (Phi) is 6.26. The van der Waals surface area contributed by atoms with E-state index in [0.29, 0.717) is 24.3 Å². The van der Waals surface area contributed by atoms with Gasteiger partial charge in [-0.3, -0.25) is 9.48 Å². The van der Waals surface area contributed by atoms with Crippen molar-refractivity contribution in [2.45, 2.75) is 44.7 Å². The third-order valence-corrected chi connectivity index (χ3v) is 5.63. The van der Waals surface area contributed by atoms with E-state index in [2.05, 4.69) is 15.3 Å². The predicted molar refractivity (Wildman–Crippen MR) is 94.7 cm³/mol. The molecule has 1 atom stereocenters. The lowest BCUT2D eigenvalue weighted by molar-refractivity contribution is -0.133. The molecular formula is C18H31N5O. The van der Waals surface area contributed by atoms with E-state index in [4.69, 9.17) is 0 Å². The highest BCUT2D eigenvalue weighted by Gasteiger charge is 2.25. The molecule has 1 amide bonds. The zero-order chi connectivity index (χ0) is 16.8. The molecule has 1 aromatic rings. The normalized spacial score (nSPS) is 22.8. The largest absolute Gasteiger partial charge is 0.343 e. The van der Waals surface area contributed by atoms with Gasteiger partial charge in [-0.2, -0.15) is 5.10 Å². The Balaban J connectivity index is 1.34. The van der Waals surface area contributed by atoms with Gasteiger partial charge in [-0.25, -0.2) is 0 Å². The molecule has 24 heavy (non-hydrogen) atoms. The van der Waals surface area contributed by atoms with Gasteiger partial charge in [0.25, 0.3) is 0 Å². The third kappa shape index (κ3) is 4.80. The highest BCUT2D eigenvalue weighted by molar-refractivity contribution is 5.76. The van der Waals surface area contributed by atoms with Gasteiger partial charge >= 0.3 is 0 Å². The van der Waals surface area contributed by atoms with Gasteiger partial charge in [0.2, 0.25) is 5.91 Å². The van der Waals surface area contributed by atoms with E-state index in [1.807, 2.05) is 35.1 Å². The quantitative estimate of drug-likeness (QED) is 0.814. The fourth-order valence-corrected chi connectivity index (χ4v) is 3.88. The van der Waals surface area contributed by atoms with Gasteiger partial charge in [0.05, 0.1) is 6.54 Å². The summed E-state index contributed by atoms with van der Waals surface area (Å²) in [5.41, 5.74) is 0. The molecule has 2 saturated heterocycles. The maximum absolute atomic E-state index is 12.4. The Morgan fingerprint density at radius 2 is 2.12 bits per heavy atom. The van der Waals surface area contributed by atoms with Crippen molar-refractivity contribution in [3.8, 4) is 0 Å². The average molecular weight is 333 g/mol. The zero-order valence-corrected chi connectivity index (χ0v) is 14.9. The van der Waals surface area contributed by atoms with Crippen LogP contribution in [0.15, 0.2) is 18.5 Å². The van der Waals surface area contributed by atoms with Crippen LogP contribution in [0.25, 0.3) is 0 Å². The standard InChI is InChI=1S/C18H31N5O/c1-21(18(24)4-3-16-5-9-19-15-16)17-6-11-22(12-7-17)13-14-23-10-2-8-20-23/h2,8,10,16-17,19H,3-7,9,11-15H2,1H3. The number of likely N-dealkylation sites (tertiary alicyclic amines) is 1. The highest BCUT2D eigenvalue weighted by atomic mass is 16.2. The van der Waals surface area contributed by atoms with Crippen molar-refractivity contribution >= 4 is 5.91 Å². The number of aromatic nitrogens is 2. The van der Waals surface area contributed by atoms with Crippen LogP contribution in [0.5, 0.6) is 0 Å². The molecule has 0 spiro atoms. The molecule has 3 heterocycles. The summed E-state index contributed by atoms with van der Waals surface area (Å²) in [6, 6.07) is 2.38. The smallest absolute Gasteiger partial charge is 0.222 e. The van der Waals surface area contributed by atoms with E-state index in [0.717, 1.165) is 58.5 Å². The van der Waals surface area contributed by atoms with Crippen molar-refractivity contribution in [3.05, 3.63) is 18.5 Å². The molecule has 1 unspecified atom stereocenters. The van der Waals surface area contributed by atoms with Crippen LogP contribution in [0.1, 0.15) is 32.1 Å². The van der Waals surface area contributed by atoms with Crippen LogP contribution < -0.4 is 5.32 Å². The van der Waals surface area contributed by atoms with Gasteiger partial charge < -0.3 is 15.1 Å². The maximum atomic E-state index is 12.4. The summed E-state index contributed by atoms with van der Waals surface area (Å²) in [5, 5.41) is 7.63. The number of carbonyl (C=O) groups excluding carboxylic acids is 1. The second-order valence-corrected chi connectivity index (χ2v) is 7.24. The Hall–Kier alpha value is -1.40. The first-order valence-electron chi connectivity index (χ1n) is 9.38. The van der Waals surface area contributed by atoms with Gasteiger partial charge in [-0.1, -0.05) is 0 Å². The molecule has 2 aliphatic heterocycles. The molecule has 0 aromatic carbocycles. The average Bonchev–Trinajstić information content (AvgIpc) is 3.31. The van der Waals surface area contributed by atoms with E-state index >= 15 is 0 Å². The van der Waals surface area contributed by atoms with Crippen LogP contribution in [-0.2, 0) is 11.3 Å². The molecule has 0 radical (unpaired) electrons. The van der Waals surface area contributed by atoms with E-state index in [9.17, 15) is 4.79 Å².